The molecule has 10 heteroatoms. The van der Waals surface area contributed by atoms with Crippen molar-refractivity contribution in [3.63, 3.8) is 0 Å². The number of rotatable bonds is 4. The average molecular weight is 429 g/mol. The first kappa shape index (κ1) is 21.0. The Kier molecular flexibility index (Phi) is 5.84. The second-order valence-corrected chi connectivity index (χ2v) is 7.11. The van der Waals surface area contributed by atoms with Crippen LogP contribution in [0.15, 0.2) is 34.6 Å². The third-order valence-electron chi connectivity index (χ3n) is 4.43. The molecular weight excluding hydrogens is 413 g/mol. The molecule has 2 N–H and O–H groups in total. The van der Waals surface area contributed by atoms with Gasteiger partial charge in [0.1, 0.15) is 20.8 Å². The van der Waals surface area contributed by atoms with Crippen LogP contribution in [0.1, 0.15) is 18.4 Å². The van der Waals surface area contributed by atoms with Crippen LogP contribution in [0.2, 0.25) is 0 Å². The minimum atomic E-state index is -1.18. The summed E-state index contributed by atoms with van der Waals surface area (Å²) < 4.78 is 25.3. The minimum Gasteiger partial charge on any atom is -0.466 e. The van der Waals surface area contributed by atoms with Crippen LogP contribution < -0.4 is 20.5 Å². The van der Waals surface area contributed by atoms with E-state index in [0.29, 0.717) is 0 Å². The van der Waals surface area contributed by atoms with Crippen LogP contribution in [0.4, 0.5) is 4.39 Å². The smallest absolute Gasteiger partial charge is 0.338 e. The highest BCUT2D eigenvalue weighted by molar-refractivity contribution is 7.07. The van der Waals surface area contributed by atoms with Crippen LogP contribution in [0.3, 0.4) is 0 Å². The van der Waals surface area contributed by atoms with Crippen LogP contribution in [0.25, 0.3) is 17.5 Å². The van der Waals surface area contributed by atoms with Gasteiger partial charge in [0, 0.05) is 11.6 Å². The highest BCUT2D eigenvalue weighted by Gasteiger charge is 2.37. The van der Waals surface area contributed by atoms with Crippen molar-refractivity contribution < 1.29 is 23.5 Å². The fourth-order valence-electron chi connectivity index (χ4n) is 3.14. The fraction of sp³-hybridized carbons (Fsp3) is 0.200. The summed E-state index contributed by atoms with van der Waals surface area (Å²) in [6.45, 7) is 1.61. The number of carbonyl (C=O) groups is 2. The molecule has 0 bridgehead atoms. The van der Waals surface area contributed by atoms with Crippen molar-refractivity contribution in [2.24, 2.45) is 5.73 Å². The normalized spacial score (nSPS) is 16.1. The molecule has 0 amide bonds. The quantitative estimate of drug-likeness (QED) is 0.687. The number of carbonyl (C=O) groups excluding carboxylic acids is 2. The van der Waals surface area contributed by atoms with Gasteiger partial charge in [-0.25, -0.2) is 14.0 Å². The molecule has 1 aromatic heterocycles. The number of halogens is 1. The fourth-order valence-corrected chi connectivity index (χ4v) is 4.27. The Bertz CT molecular complexity index is 1300. The molecule has 0 saturated heterocycles. The zero-order valence-electron chi connectivity index (χ0n) is 16.0. The number of aromatic nitrogens is 1. The van der Waals surface area contributed by atoms with Gasteiger partial charge >= 0.3 is 11.9 Å². The molecule has 1 unspecified atom stereocenters. The van der Waals surface area contributed by atoms with E-state index in [0.717, 1.165) is 29.1 Å². The number of methoxy groups -OCH3 is 1. The maximum absolute atomic E-state index is 14.6. The predicted octanol–water partition coefficient (Wildman–Crippen LogP) is 0.164. The van der Waals surface area contributed by atoms with Gasteiger partial charge in [0.15, 0.2) is 0 Å². The van der Waals surface area contributed by atoms with E-state index in [1.165, 1.54) is 18.2 Å². The number of nitriles is 1. The van der Waals surface area contributed by atoms with Gasteiger partial charge in [0.2, 0.25) is 0 Å². The summed E-state index contributed by atoms with van der Waals surface area (Å²) in [5.41, 5.74) is 5.13. The van der Waals surface area contributed by atoms with Gasteiger partial charge in [0.25, 0.3) is 5.56 Å². The first-order valence-electron chi connectivity index (χ1n) is 8.73. The van der Waals surface area contributed by atoms with Gasteiger partial charge in [-0.1, -0.05) is 18.2 Å². The van der Waals surface area contributed by atoms with E-state index >= 15 is 0 Å². The number of nitrogens with two attached hydrogens (primary N) is 1. The van der Waals surface area contributed by atoms with Crippen molar-refractivity contribution in [2.45, 2.75) is 12.8 Å². The summed E-state index contributed by atoms with van der Waals surface area (Å²) in [6.07, 6.45) is 0.957. The lowest BCUT2D eigenvalue weighted by molar-refractivity contribution is -0.136. The number of fused-ring (bicyclic) bond motifs is 1. The lowest BCUT2D eigenvalue weighted by atomic mass is 9.83. The SMILES string of the molecule is CCOC(=O)C1=c2sc(=CC(=O)OC)c(=O)n2C(N)=C(C#N)C1c1ccccc1F. The average Bonchev–Trinajstić information content (AvgIpc) is 3.04. The second-order valence-electron chi connectivity index (χ2n) is 6.08. The Morgan fingerprint density at radius 2 is 2.10 bits per heavy atom. The number of hydrogen-bond acceptors (Lipinski definition) is 8. The Hall–Kier alpha value is -3.71. The van der Waals surface area contributed by atoms with Crippen molar-refractivity contribution in [3.8, 4) is 6.07 Å². The zero-order valence-corrected chi connectivity index (χ0v) is 16.8. The maximum Gasteiger partial charge on any atom is 0.338 e. The number of nitrogens with zero attached hydrogens (tertiary/aromatic N) is 2. The first-order chi connectivity index (χ1) is 14.3. The van der Waals surface area contributed by atoms with Crippen LogP contribution >= 0.6 is 11.3 Å². The molecule has 0 radical (unpaired) electrons. The van der Waals surface area contributed by atoms with Crippen LogP contribution in [-0.2, 0) is 19.1 Å². The third-order valence-corrected chi connectivity index (χ3v) is 5.54. The Morgan fingerprint density at radius 1 is 1.40 bits per heavy atom. The number of thiazole rings is 1. The Balaban J connectivity index is 2.50. The van der Waals surface area contributed by atoms with Crippen molar-refractivity contribution in [2.75, 3.05) is 13.7 Å². The lowest BCUT2D eigenvalue weighted by Crippen LogP contribution is -2.40. The molecule has 1 atom stereocenters. The van der Waals surface area contributed by atoms with E-state index < -0.39 is 29.2 Å². The molecule has 1 aliphatic rings. The van der Waals surface area contributed by atoms with Crippen molar-refractivity contribution in [3.05, 3.63) is 60.8 Å². The summed E-state index contributed by atoms with van der Waals surface area (Å²) in [4.78, 5) is 37.3. The first-order valence-corrected chi connectivity index (χ1v) is 9.54. The predicted molar refractivity (Wildman–Crippen MR) is 107 cm³/mol. The molecule has 1 aromatic carbocycles. The van der Waals surface area contributed by atoms with Gasteiger partial charge in [-0.15, -0.1) is 11.3 Å². The third kappa shape index (κ3) is 3.40. The molecular formula is C20H16FN3O5S. The molecule has 1 aliphatic heterocycles. The topological polar surface area (TPSA) is 124 Å². The lowest BCUT2D eigenvalue weighted by Gasteiger charge is -2.24. The summed E-state index contributed by atoms with van der Waals surface area (Å²) in [5, 5.41) is 9.75. The van der Waals surface area contributed by atoms with E-state index in [-0.39, 0.29) is 38.3 Å². The summed E-state index contributed by atoms with van der Waals surface area (Å²) in [5.74, 6) is -3.69. The minimum absolute atomic E-state index is 0.0180. The Labute approximate surface area is 173 Å². The monoisotopic (exact) mass is 429 g/mol. The molecule has 0 aliphatic carbocycles. The van der Waals surface area contributed by atoms with Gasteiger partial charge in [0.05, 0.1) is 36.9 Å². The molecule has 0 saturated carbocycles. The number of esters is 2. The number of benzene rings is 1. The largest absolute Gasteiger partial charge is 0.466 e. The molecule has 0 fully saturated rings. The molecule has 2 aromatic rings. The van der Waals surface area contributed by atoms with Crippen LogP contribution in [0.5, 0.6) is 0 Å². The van der Waals surface area contributed by atoms with Crippen LogP contribution in [-0.4, -0.2) is 30.2 Å². The van der Waals surface area contributed by atoms with Crippen molar-refractivity contribution >= 4 is 40.7 Å². The van der Waals surface area contributed by atoms with Gasteiger partial charge in [-0.3, -0.25) is 9.36 Å². The van der Waals surface area contributed by atoms with Crippen LogP contribution in [0, 0.1) is 17.1 Å². The number of hydrogen-bond donors (Lipinski definition) is 1. The van der Waals surface area contributed by atoms with Crippen molar-refractivity contribution in [1.82, 2.24) is 4.57 Å². The summed E-state index contributed by atoms with van der Waals surface area (Å²) >= 11 is 0.799. The summed E-state index contributed by atoms with van der Waals surface area (Å²) in [6, 6.07) is 7.52. The molecule has 30 heavy (non-hydrogen) atoms. The highest BCUT2D eigenvalue weighted by Crippen LogP contribution is 2.37. The second kappa shape index (κ2) is 8.34. The van der Waals surface area contributed by atoms with E-state index in [4.69, 9.17) is 10.5 Å². The Morgan fingerprint density at radius 3 is 2.70 bits per heavy atom. The summed E-state index contributed by atoms with van der Waals surface area (Å²) in [7, 11) is 1.15. The van der Waals surface area contributed by atoms with E-state index in [1.54, 1.807) is 13.0 Å². The van der Waals surface area contributed by atoms with E-state index in [1.807, 2.05) is 6.07 Å². The molecule has 0 spiro atoms. The molecule has 154 valence electrons. The molecule has 8 nitrogen and oxygen atoms in total. The maximum atomic E-state index is 14.6. The number of allylic oxidation sites excluding steroid dienone is 1. The standard InChI is InChI=1S/C20H16FN3O5S/c1-3-29-20(27)16-15(10-6-4-5-7-12(10)21)11(9-22)17(23)24-18(26)13(30-19(16)24)8-14(25)28-2/h4-8,15H,3,23H2,1-2H3. The van der Waals surface area contributed by atoms with Gasteiger partial charge in [-0.2, -0.15) is 5.26 Å². The van der Waals surface area contributed by atoms with Gasteiger partial charge in [-0.05, 0) is 13.0 Å². The number of ether oxygens (including phenoxy) is 2. The van der Waals surface area contributed by atoms with E-state index in [9.17, 15) is 24.0 Å². The zero-order chi connectivity index (χ0) is 22.0. The van der Waals surface area contributed by atoms with Gasteiger partial charge < -0.3 is 15.2 Å². The highest BCUT2D eigenvalue weighted by atomic mass is 32.1. The van der Waals surface area contributed by atoms with Crippen molar-refractivity contribution in [1.29, 1.82) is 5.26 Å². The van der Waals surface area contributed by atoms with E-state index in [2.05, 4.69) is 4.74 Å². The molecule has 3 rings (SSSR count). The molecule has 2 heterocycles.